The maximum atomic E-state index is 9.39. The fourth-order valence-corrected chi connectivity index (χ4v) is 2.89. The largest absolute Gasteiger partial charge is 0.392 e. The first-order valence-corrected chi connectivity index (χ1v) is 6.64. The first-order valence-electron chi connectivity index (χ1n) is 6.26. The zero-order valence-corrected chi connectivity index (χ0v) is 11.2. The van der Waals surface area contributed by atoms with Crippen LogP contribution in [0.3, 0.4) is 0 Å². The van der Waals surface area contributed by atoms with Crippen molar-refractivity contribution in [1.29, 1.82) is 0 Å². The van der Waals surface area contributed by atoms with Crippen LogP contribution in [0.5, 0.6) is 0 Å². The fourth-order valence-electron chi connectivity index (χ4n) is 2.58. The maximum Gasteiger partial charge on any atom is 0.0702 e. The van der Waals surface area contributed by atoms with Gasteiger partial charge in [-0.05, 0) is 24.3 Å². The lowest BCUT2D eigenvalue weighted by Crippen LogP contribution is -2.22. The number of aliphatic hydroxyl groups excluding tert-OH is 1. The molecule has 1 heterocycles. The Bertz CT molecular complexity index is 392. The molecule has 1 N–H and O–H groups in total. The Balaban J connectivity index is 2.24. The molecule has 2 rings (SSSR count). The molecule has 17 heavy (non-hydrogen) atoms. The minimum atomic E-state index is 0.0543. The van der Waals surface area contributed by atoms with Gasteiger partial charge in [-0.1, -0.05) is 37.6 Å². The van der Waals surface area contributed by atoms with E-state index < -0.39 is 0 Å². The first-order chi connectivity index (χ1) is 8.13. The zero-order chi connectivity index (χ0) is 12.4. The molecule has 1 aromatic carbocycles. The molecule has 0 radical (unpaired) electrons. The van der Waals surface area contributed by atoms with Crippen molar-refractivity contribution >= 4 is 17.3 Å². The van der Waals surface area contributed by atoms with Crippen LogP contribution in [0.4, 0.5) is 5.69 Å². The molecule has 1 unspecified atom stereocenters. The molecule has 0 saturated carbocycles. The second kappa shape index (κ2) is 5.28. The minimum absolute atomic E-state index is 0.0543. The molecule has 3 heteroatoms. The standard InChI is InChI=1S/C14H20ClNO/c1-10(2)11-6-7-16(8-11)14-12(9-17)4-3-5-13(14)15/h3-5,10-11,17H,6-9H2,1-2H3. The van der Waals surface area contributed by atoms with E-state index in [0.29, 0.717) is 5.92 Å². The normalized spacial score (nSPS) is 20.3. The Kier molecular flexibility index (Phi) is 3.95. The summed E-state index contributed by atoms with van der Waals surface area (Å²) in [5.74, 6) is 1.44. The third-order valence-corrected chi connectivity index (χ3v) is 4.03. The summed E-state index contributed by atoms with van der Waals surface area (Å²) in [6.45, 7) is 6.69. The Morgan fingerprint density at radius 1 is 1.47 bits per heavy atom. The van der Waals surface area contributed by atoms with Crippen molar-refractivity contribution in [3.63, 3.8) is 0 Å². The van der Waals surface area contributed by atoms with Crippen molar-refractivity contribution in [2.75, 3.05) is 18.0 Å². The van der Waals surface area contributed by atoms with Gasteiger partial charge in [-0.15, -0.1) is 0 Å². The van der Waals surface area contributed by atoms with Crippen molar-refractivity contribution in [3.05, 3.63) is 28.8 Å². The number of hydrogen-bond acceptors (Lipinski definition) is 2. The van der Waals surface area contributed by atoms with Crippen LogP contribution in [-0.2, 0) is 6.61 Å². The summed E-state index contributed by atoms with van der Waals surface area (Å²) in [7, 11) is 0. The van der Waals surface area contributed by atoms with Gasteiger partial charge in [0.1, 0.15) is 0 Å². The van der Waals surface area contributed by atoms with Gasteiger partial charge in [0.05, 0.1) is 17.3 Å². The molecule has 0 amide bonds. The average Bonchev–Trinajstić information content (AvgIpc) is 2.77. The molecule has 94 valence electrons. The lowest BCUT2D eigenvalue weighted by Gasteiger charge is -2.23. The van der Waals surface area contributed by atoms with Crippen molar-refractivity contribution in [1.82, 2.24) is 0 Å². The minimum Gasteiger partial charge on any atom is -0.392 e. The van der Waals surface area contributed by atoms with E-state index in [2.05, 4.69) is 18.7 Å². The monoisotopic (exact) mass is 253 g/mol. The highest BCUT2D eigenvalue weighted by Gasteiger charge is 2.27. The summed E-state index contributed by atoms with van der Waals surface area (Å²) >= 11 is 6.26. The number of nitrogens with zero attached hydrogens (tertiary/aromatic N) is 1. The molecule has 0 aliphatic carbocycles. The Morgan fingerprint density at radius 3 is 2.82 bits per heavy atom. The predicted octanol–water partition coefficient (Wildman–Crippen LogP) is 3.31. The lowest BCUT2D eigenvalue weighted by atomic mass is 9.95. The van der Waals surface area contributed by atoms with Crippen molar-refractivity contribution in [3.8, 4) is 0 Å². The number of rotatable bonds is 3. The van der Waals surface area contributed by atoms with Crippen molar-refractivity contribution < 1.29 is 5.11 Å². The summed E-state index contributed by atoms with van der Waals surface area (Å²) in [4.78, 5) is 2.32. The van der Waals surface area contributed by atoms with Gasteiger partial charge < -0.3 is 10.0 Å². The van der Waals surface area contributed by atoms with Gasteiger partial charge in [0, 0.05) is 18.7 Å². The molecule has 1 aromatic rings. The molecular formula is C14H20ClNO. The van der Waals surface area contributed by atoms with Gasteiger partial charge in [0.2, 0.25) is 0 Å². The van der Waals surface area contributed by atoms with Crippen LogP contribution in [0.25, 0.3) is 0 Å². The van der Waals surface area contributed by atoms with E-state index in [9.17, 15) is 5.11 Å². The molecule has 1 saturated heterocycles. The average molecular weight is 254 g/mol. The number of anilines is 1. The van der Waals surface area contributed by atoms with Crippen molar-refractivity contribution in [2.45, 2.75) is 26.9 Å². The van der Waals surface area contributed by atoms with Crippen LogP contribution in [0.2, 0.25) is 5.02 Å². The third-order valence-electron chi connectivity index (χ3n) is 3.72. The van der Waals surface area contributed by atoms with Crippen molar-refractivity contribution in [2.24, 2.45) is 11.8 Å². The molecule has 2 nitrogen and oxygen atoms in total. The quantitative estimate of drug-likeness (QED) is 0.893. The van der Waals surface area contributed by atoms with E-state index in [0.717, 1.165) is 35.3 Å². The second-order valence-electron chi connectivity index (χ2n) is 5.14. The highest BCUT2D eigenvalue weighted by molar-refractivity contribution is 6.33. The molecule has 1 fully saturated rings. The zero-order valence-electron chi connectivity index (χ0n) is 10.5. The van der Waals surface area contributed by atoms with E-state index >= 15 is 0 Å². The third kappa shape index (κ3) is 2.58. The number of aliphatic hydroxyl groups is 1. The lowest BCUT2D eigenvalue weighted by molar-refractivity contribution is 0.282. The van der Waals surface area contributed by atoms with Gasteiger partial charge in [-0.25, -0.2) is 0 Å². The van der Waals surface area contributed by atoms with Gasteiger partial charge in [0.25, 0.3) is 0 Å². The molecule has 0 bridgehead atoms. The van der Waals surface area contributed by atoms with Gasteiger partial charge in [0.15, 0.2) is 0 Å². The second-order valence-corrected chi connectivity index (χ2v) is 5.55. The molecule has 1 atom stereocenters. The SMILES string of the molecule is CC(C)C1CCN(c2c(Cl)cccc2CO)C1. The van der Waals surface area contributed by atoms with E-state index in [4.69, 9.17) is 11.6 Å². The van der Waals surface area contributed by atoms with E-state index in [-0.39, 0.29) is 6.61 Å². The van der Waals surface area contributed by atoms with Crippen LogP contribution in [-0.4, -0.2) is 18.2 Å². The Labute approximate surface area is 108 Å². The Hall–Kier alpha value is -0.730. The Morgan fingerprint density at radius 2 is 2.24 bits per heavy atom. The summed E-state index contributed by atoms with van der Waals surface area (Å²) in [6.07, 6.45) is 1.22. The van der Waals surface area contributed by atoms with Gasteiger partial charge >= 0.3 is 0 Å². The number of hydrogen-bond donors (Lipinski definition) is 1. The van der Waals surface area contributed by atoms with Crippen LogP contribution < -0.4 is 4.90 Å². The van der Waals surface area contributed by atoms with Crippen LogP contribution in [0.15, 0.2) is 18.2 Å². The smallest absolute Gasteiger partial charge is 0.0702 e. The summed E-state index contributed by atoms with van der Waals surface area (Å²) in [6, 6.07) is 5.75. The first kappa shape index (κ1) is 12.7. The molecule has 0 spiro atoms. The van der Waals surface area contributed by atoms with Crippen LogP contribution >= 0.6 is 11.6 Å². The van der Waals surface area contributed by atoms with E-state index in [1.807, 2.05) is 18.2 Å². The number of para-hydroxylation sites is 1. The summed E-state index contributed by atoms with van der Waals surface area (Å²) < 4.78 is 0. The van der Waals surface area contributed by atoms with E-state index in [1.165, 1.54) is 6.42 Å². The van der Waals surface area contributed by atoms with E-state index in [1.54, 1.807) is 0 Å². The molecule has 1 aliphatic heterocycles. The molecular weight excluding hydrogens is 234 g/mol. The highest BCUT2D eigenvalue weighted by atomic mass is 35.5. The van der Waals surface area contributed by atoms with Crippen LogP contribution in [0, 0.1) is 11.8 Å². The summed E-state index contributed by atoms with van der Waals surface area (Å²) in [5, 5.41) is 10.1. The topological polar surface area (TPSA) is 23.5 Å². The number of halogens is 1. The highest BCUT2D eigenvalue weighted by Crippen LogP contribution is 2.35. The van der Waals surface area contributed by atoms with Gasteiger partial charge in [-0.3, -0.25) is 0 Å². The van der Waals surface area contributed by atoms with Crippen LogP contribution in [0.1, 0.15) is 25.8 Å². The molecule has 0 aromatic heterocycles. The molecule has 1 aliphatic rings. The maximum absolute atomic E-state index is 9.39. The van der Waals surface area contributed by atoms with Gasteiger partial charge in [-0.2, -0.15) is 0 Å². The predicted molar refractivity (Wildman–Crippen MR) is 72.5 cm³/mol. The fraction of sp³-hybridized carbons (Fsp3) is 0.571. The number of benzene rings is 1. The summed E-state index contributed by atoms with van der Waals surface area (Å²) in [5.41, 5.74) is 1.96.